The molecule has 0 bridgehead atoms. The molecule has 21 N–H and O–H groups in total. The summed E-state index contributed by atoms with van der Waals surface area (Å²) in [7, 11) is 0. The Kier molecular flexibility index (Phi) is 20.9. The van der Waals surface area contributed by atoms with Gasteiger partial charge in [-0.1, -0.05) is 0 Å². The first-order valence-electron chi connectivity index (χ1n) is 21.0. The number of hydrogen-bond donors (Lipinski definition) is 21. The molecule has 0 aromatic rings. The first-order valence-corrected chi connectivity index (χ1v) is 21.0. The van der Waals surface area contributed by atoms with Crippen molar-refractivity contribution in [1.82, 2.24) is 0 Å². The van der Waals surface area contributed by atoms with Gasteiger partial charge in [-0.25, -0.2) is 4.79 Å². The number of aliphatic carboxylic acids is 1. The lowest BCUT2D eigenvalue weighted by Crippen LogP contribution is -2.67. The van der Waals surface area contributed by atoms with Gasteiger partial charge in [-0.15, -0.1) is 0 Å². The third kappa shape index (κ3) is 12.4. The Bertz CT molecular complexity index is 1540. The fourth-order valence-corrected chi connectivity index (χ4v) is 7.87. The largest absolute Gasteiger partial charge is 0.479 e. The molecule has 32 nitrogen and oxygen atoms in total. The Balaban J connectivity index is 1.47. The van der Waals surface area contributed by atoms with Gasteiger partial charge in [-0.3, -0.25) is 0 Å². The summed E-state index contributed by atoms with van der Waals surface area (Å²) in [5.41, 5.74) is 0. The lowest BCUT2D eigenvalue weighted by Gasteiger charge is -2.49. The quantitative estimate of drug-likeness (QED) is 0.0538. The van der Waals surface area contributed by atoms with E-state index in [1.807, 2.05) is 0 Å². The van der Waals surface area contributed by atoms with Crippen LogP contribution in [0.1, 0.15) is 0 Å². The molecular formula is C36H62O32. The smallest absolute Gasteiger partial charge is 0.335 e. The molecule has 0 radical (unpaired) electrons. The standard InChI is InChI=1S/C36H62O32/c37-1-7(41)13(43)27(8(42)2-38)65-35-25(55)29(17(47)11(63-35)5-59-32-22(52)18(48)14(44)9(3-39)61-32)67-36-26(56)28(66-34-24(54)19(49)15(45)10(4-40)62-34)16(46)12(64-36)6-60-33-23(53)20(50)21(51)30(68-33)31(57)58/h7-30,32-56H,1-6H2,(H,57,58)/t7-,8+,9-,10-,11-,12-,13-,14-,15-,16-,17-,18+,19+,20+,21+,22-,23-,24-,25+,26+,27-,28+,29+,30+,32+,33-,34-,35-,36-/m1/s1. The maximum Gasteiger partial charge on any atom is 0.335 e. The zero-order chi connectivity index (χ0) is 50.6. The Hall–Kier alpha value is -1.73. The number of carboxylic acid groups (broad SMARTS) is 1. The van der Waals surface area contributed by atoms with E-state index in [1.165, 1.54) is 0 Å². The van der Waals surface area contributed by atoms with E-state index in [-0.39, 0.29) is 0 Å². The summed E-state index contributed by atoms with van der Waals surface area (Å²) < 4.78 is 55.1. The minimum atomic E-state index is -2.39. The van der Waals surface area contributed by atoms with Crippen LogP contribution in [0.25, 0.3) is 0 Å². The SMILES string of the molecule is O=C(O)[C@H]1O[C@@H](OC[C@H]2O[C@H](O[C@@H]3[C@H](O)[C@@H](O[C@@H]([C@H](O)[C@H](O)CO)[C@@H](O)CO)O[C@H](CO[C@H]4O[C@H](CO)[C@@H](O)[C@H](O)[C@H]4O)[C@H]3O)[C@@H](O)[C@@H](O[C@H]3O[C@H](CO)[C@@H](O)[C@H](O)[C@H]3O)[C@@H]2O)[C@H](O)[C@@H](O)[C@@H]1O. The van der Waals surface area contributed by atoms with E-state index >= 15 is 0 Å². The third-order valence-electron chi connectivity index (χ3n) is 12.0. The number of aliphatic hydroxyl groups is 20. The molecule has 0 aromatic heterocycles. The lowest BCUT2D eigenvalue weighted by atomic mass is 9.95. The highest BCUT2D eigenvalue weighted by atomic mass is 16.8. The van der Waals surface area contributed by atoms with Crippen LogP contribution in [-0.2, 0) is 52.2 Å². The van der Waals surface area contributed by atoms with Gasteiger partial charge in [-0.05, 0) is 0 Å². The number of carbonyl (C=O) groups is 1. The minimum absolute atomic E-state index is 0.893. The molecule has 0 spiro atoms. The molecule has 0 aliphatic carbocycles. The van der Waals surface area contributed by atoms with Gasteiger partial charge in [-0.2, -0.15) is 0 Å². The van der Waals surface area contributed by atoms with Gasteiger partial charge in [0, 0.05) is 0 Å². The number of aliphatic hydroxyl groups excluding tert-OH is 20. The molecule has 5 fully saturated rings. The summed E-state index contributed by atoms with van der Waals surface area (Å²) in [4.78, 5) is 11.7. The summed E-state index contributed by atoms with van der Waals surface area (Å²) in [5.74, 6) is -1.81. The van der Waals surface area contributed by atoms with Crippen LogP contribution in [0.2, 0.25) is 0 Å². The normalized spacial score (nSPS) is 47.8. The Morgan fingerprint density at radius 1 is 0.426 bits per heavy atom. The molecule has 5 rings (SSSR count). The first-order chi connectivity index (χ1) is 32.0. The van der Waals surface area contributed by atoms with Crippen molar-refractivity contribution in [3.05, 3.63) is 0 Å². The molecule has 32 heteroatoms. The highest BCUT2D eigenvalue weighted by molar-refractivity contribution is 5.73. The number of carboxylic acids is 1. The van der Waals surface area contributed by atoms with E-state index in [0.717, 1.165) is 0 Å². The molecule has 0 amide bonds. The van der Waals surface area contributed by atoms with E-state index in [9.17, 15) is 112 Å². The summed E-state index contributed by atoms with van der Waals surface area (Å²) in [6.45, 7) is -6.20. The minimum Gasteiger partial charge on any atom is -0.479 e. The zero-order valence-electron chi connectivity index (χ0n) is 35.4. The predicted octanol–water partition coefficient (Wildman–Crippen LogP) is -14.4. The van der Waals surface area contributed by atoms with Crippen LogP contribution in [0.3, 0.4) is 0 Å². The summed E-state index contributed by atoms with van der Waals surface area (Å²) in [5, 5.41) is 219. The third-order valence-corrected chi connectivity index (χ3v) is 12.0. The van der Waals surface area contributed by atoms with Crippen molar-refractivity contribution in [1.29, 1.82) is 0 Å². The Labute approximate surface area is 382 Å². The van der Waals surface area contributed by atoms with Crippen molar-refractivity contribution in [2.75, 3.05) is 39.6 Å². The van der Waals surface area contributed by atoms with Gasteiger partial charge in [0.15, 0.2) is 37.6 Å². The van der Waals surface area contributed by atoms with E-state index in [2.05, 4.69) is 0 Å². The topological polar surface area (TPSA) is 534 Å². The van der Waals surface area contributed by atoms with Crippen LogP contribution in [-0.4, -0.2) is 331 Å². The highest BCUT2D eigenvalue weighted by Gasteiger charge is 2.56. The maximum atomic E-state index is 11.7. The zero-order valence-corrected chi connectivity index (χ0v) is 35.4. The number of hydrogen-bond acceptors (Lipinski definition) is 31. The van der Waals surface area contributed by atoms with Crippen molar-refractivity contribution >= 4 is 5.97 Å². The van der Waals surface area contributed by atoms with Crippen molar-refractivity contribution in [3.63, 3.8) is 0 Å². The second kappa shape index (κ2) is 24.8. The summed E-state index contributed by atoms with van der Waals surface area (Å²) in [6.07, 6.45) is -60.5. The van der Waals surface area contributed by atoms with E-state index < -0.39 is 224 Å². The van der Waals surface area contributed by atoms with Gasteiger partial charge >= 0.3 is 5.97 Å². The van der Waals surface area contributed by atoms with Gasteiger partial charge in [0.2, 0.25) is 0 Å². The Morgan fingerprint density at radius 2 is 0.809 bits per heavy atom. The molecule has 0 unspecified atom stereocenters. The average Bonchev–Trinajstić information content (AvgIpc) is 3.32. The molecule has 0 saturated carbocycles. The van der Waals surface area contributed by atoms with Crippen molar-refractivity contribution in [2.24, 2.45) is 0 Å². The number of ether oxygens (including phenoxy) is 10. The van der Waals surface area contributed by atoms with Gasteiger partial charge in [0.25, 0.3) is 0 Å². The summed E-state index contributed by atoms with van der Waals surface area (Å²) >= 11 is 0. The summed E-state index contributed by atoms with van der Waals surface area (Å²) in [6, 6.07) is 0. The number of rotatable bonds is 20. The monoisotopic (exact) mass is 1010 g/mol. The van der Waals surface area contributed by atoms with E-state index in [1.54, 1.807) is 0 Å². The first kappa shape index (κ1) is 57.2. The fourth-order valence-electron chi connectivity index (χ4n) is 7.87. The lowest BCUT2D eigenvalue weighted by molar-refractivity contribution is -0.390. The molecule has 398 valence electrons. The van der Waals surface area contributed by atoms with Crippen LogP contribution in [0.15, 0.2) is 0 Å². The fraction of sp³-hybridized carbons (Fsp3) is 0.972. The second-order valence-electron chi connectivity index (χ2n) is 16.6. The van der Waals surface area contributed by atoms with Gasteiger partial charge in [0.05, 0.1) is 39.6 Å². The molecular weight excluding hydrogens is 944 g/mol. The highest BCUT2D eigenvalue weighted by Crippen LogP contribution is 2.35. The second-order valence-corrected chi connectivity index (χ2v) is 16.6. The maximum absolute atomic E-state index is 11.7. The van der Waals surface area contributed by atoms with Crippen LogP contribution in [0, 0.1) is 0 Å². The molecule has 68 heavy (non-hydrogen) atoms. The van der Waals surface area contributed by atoms with Crippen molar-refractivity contribution < 1.29 is 159 Å². The predicted molar refractivity (Wildman–Crippen MR) is 202 cm³/mol. The van der Waals surface area contributed by atoms with Crippen LogP contribution in [0.5, 0.6) is 0 Å². The van der Waals surface area contributed by atoms with Crippen LogP contribution >= 0.6 is 0 Å². The Morgan fingerprint density at radius 3 is 1.26 bits per heavy atom. The molecule has 5 heterocycles. The van der Waals surface area contributed by atoms with Gasteiger partial charge < -0.3 is 155 Å². The van der Waals surface area contributed by atoms with E-state index in [0.29, 0.717) is 0 Å². The van der Waals surface area contributed by atoms with Crippen molar-refractivity contribution in [2.45, 2.75) is 178 Å². The molecule has 0 aromatic carbocycles. The molecule has 29 atom stereocenters. The van der Waals surface area contributed by atoms with Crippen LogP contribution in [0.4, 0.5) is 0 Å². The molecule has 5 saturated heterocycles. The molecule has 5 aliphatic heterocycles. The van der Waals surface area contributed by atoms with Gasteiger partial charge in [0.1, 0.15) is 140 Å². The van der Waals surface area contributed by atoms with E-state index in [4.69, 9.17) is 47.4 Å². The average molecular weight is 1010 g/mol. The van der Waals surface area contributed by atoms with Crippen LogP contribution < -0.4 is 0 Å². The van der Waals surface area contributed by atoms with Crippen molar-refractivity contribution in [3.8, 4) is 0 Å². The molecule has 5 aliphatic rings.